The number of nitrogens with zero attached hydrogens (tertiary/aromatic N) is 2. The van der Waals surface area contributed by atoms with Crippen LogP contribution in [0.25, 0.3) is 0 Å². The highest BCUT2D eigenvalue weighted by Gasteiger charge is 2.47. The molecule has 0 saturated heterocycles. The van der Waals surface area contributed by atoms with Gasteiger partial charge in [-0.2, -0.15) is 0 Å². The molecular weight excluding hydrogens is 711 g/mol. The van der Waals surface area contributed by atoms with Gasteiger partial charge in [0, 0.05) is 38.2 Å². The van der Waals surface area contributed by atoms with Crippen molar-refractivity contribution in [3.8, 4) is 0 Å². The van der Waals surface area contributed by atoms with Gasteiger partial charge >= 0.3 is 0 Å². The number of benzene rings is 5. The van der Waals surface area contributed by atoms with Crippen LogP contribution in [0.5, 0.6) is 0 Å². The topological polar surface area (TPSA) is 6.48 Å². The van der Waals surface area contributed by atoms with Crippen LogP contribution in [0.15, 0.2) is 78.9 Å². The highest BCUT2D eigenvalue weighted by Crippen LogP contribution is 2.53. The lowest BCUT2D eigenvalue weighted by atomic mass is 9.33. The summed E-state index contributed by atoms with van der Waals surface area (Å²) in [6, 6.07) is 30.4. The van der Waals surface area contributed by atoms with E-state index in [4.69, 9.17) is 4.11 Å². The first-order chi connectivity index (χ1) is 28.5. The highest BCUT2D eigenvalue weighted by atomic mass is 15.2. The Balaban J connectivity index is 1.44. The van der Waals surface area contributed by atoms with Crippen molar-refractivity contribution in [2.24, 2.45) is 0 Å². The summed E-state index contributed by atoms with van der Waals surface area (Å²) in [6.07, 6.45) is 4.50. The molecule has 2 heterocycles. The zero-order valence-corrected chi connectivity index (χ0v) is 38.8. The zero-order chi connectivity index (χ0) is 45.1. The van der Waals surface area contributed by atoms with Crippen molar-refractivity contribution in [2.45, 2.75) is 169 Å². The molecule has 0 atom stereocenters. The molecule has 0 N–H and O–H groups in total. The van der Waals surface area contributed by atoms with Crippen LogP contribution in [0.3, 0.4) is 0 Å². The average Bonchev–Trinajstić information content (AvgIpc) is 3.16. The van der Waals surface area contributed by atoms with E-state index in [2.05, 4.69) is 180 Å². The number of aryl methyl sites for hydroxylation is 2. The first-order valence-electron chi connectivity index (χ1n) is 23.9. The lowest BCUT2D eigenvalue weighted by molar-refractivity contribution is 0.332. The summed E-state index contributed by atoms with van der Waals surface area (Å²) in [5.74, 6) is 0. The SMILES string of the molecule is [2H]C([2H])([2H])c1cc2c3c(c1)N(c1ccc(C(C)(C)C)cc1C)c1cc(C(C)(C)C)ccc1B3c1cc3c(cc1N2c1ccc2c(c1)C(C)(C)CCC2(C)C)C(C)(C)CCC3(C)C. The number of rotatable bonds is 2. The van der Waals surface area contributed by atoms with Gasteiger partial charge in [0.2, 0.25) is 0 Å². The summed E-state index contributed by atoms with van der Waals surface area (Å²) in [6.45, 7) is 32.7. The van der Waals surface area contributed by atoms with Gasteiger partial charge in [0.15, 0.2) is 0 Å². The Bertz CT molecular complexity index is 2680. The molecule has 0 saturated carbocycles. The first kappa shape index (κ1) is 36.6. The van der Waals surface area contributed by atoms with Gasteiger partial charge in [-0.15, -0.1) is 0 Å². The van der Waals surface area contributed by atoms with Crippen molar-refractivity contribution in [3.05, 3.63) is 123 Å². The highest BCUT2D eigenvalue weighted by molar-refractivity contribution is 7.00. The summed E-state index contributed by atoms with van der Waals surface area (Å²) in [7, 11) is 0. The summed E-state index contributed by atoms with van der Waals surface area (Å²) in [5.41, 5.74) is 19.8. The minimum atomic E-state index is -2.33. The molecule has 9 rings (SSSR count). The van der Waals surface area contributed by atoms with E-state index in [1.165, 1.54) is 61.0 Å². The summed E-state index contributed by atoms with van der Waals surface area (Å²) in [4.78, 5) is 4.89. The molecule has 2 aliphatic carbocycles. The molecule has 2 aliphatic heterocycles. The maximum absolute atomic E-state index is 9.05. The van der Waals surface area contributed by atoms with Gasteiger partial charge in [-0.05, 0) is 175 Å². The van der Waals surface area contributed by atoms with Crippen LogP contribution in [0.2, 0.25) is 0 Å². The van der Waals surface area contributed by atoms with Crippen LogP contribution in [-0.4, -0.2) is 6.71 Å². The Hall–Kier alpha value is -4.24. The summed E-state index contributed by atoms with van der Waals surface area (Å²) >= 11 is 0. The third-order valence-corrected chi connectivity index (χ3v) is 15.3. The van der Waals surface area contributed by atoms with Gasteiger partial charge in [0.25, 0.3) is 6.71 Å². The second kappa shape index (κ2) is 12.7. The zero-order valence-electron chi connectivity index (χ0n) is 41.8. The predicted octanol–water partition coefficient (Wildman–Crippen LogP) is 13.7. The number of fused-ring (bicyclic) bond motifs is 6. The van der Waals surface area contributed by atoms with Crippen molar-refractivity contribution in [3.63, 3.8) is 0 Å². The summed E-state index contributed by atoms with van der Waals surface area (Å²) in [5, 5.41) is 0. The molecule has 5 aromatic rings. The largest absolute Gasteiger partial charge is 0.311 e. The fourth-order valence-electron chi connectivity index (χ4n) is 11.1. The number of anilines is 6. The number of hydrogen-bond acceptors (Lipinski definition) is 2. The quantitative estimate of drug-likeness (QED) is 0.161. The molecule has 0 amide bonds. The van der Waals surface area contributed by atoms with Crippen molar-refractivity contribution in [1.29, 1.82) is 0 Å². The molecule has 0 aromatic heterocycles. The molecular formula is C56H69BN2. The lowest BCUT2D eigenvalue weighted by Crippen LogP contribution is -2.62. The molecule has 0 fully saturated rings. The van der Waals surface area contributed by atoms with E-state index in [0.717, 1.165) is 54.1 Å². The smallest absolute Gasteiger partial charge is 0.252 e. The molecule has 0 unspecified atom stereocenters. The van der Waals surface area contributed by atoms with Crippen molar-refractivity contribution >= 4 is 57.2 Å². The molecule has 0 spiro atoms. The van der Waals surface area contributed by atoms with Crippen LogP contribution >= 0.6 is 0 Å². The van der Waals surface area contributed by atoms with Crippen LogP contribution in [-0.2, 0) is 32.5 Å². The fourth-order valence-corrected chi connectivity index (χ4v) is 11.1. The van der Waals surface area contributed by atoms with Gasteiger partial charge in [-0.1, -0.05) is 133 Å². The van der Waals surface area contributed by atoms with E-state index >= 15 is 0 Å². The van der Waals surface area contributed by atoms with Gasteiger partial charge < -0.3 is 9.80 Å². The second-order valence-electron chi connectivity index (χ2n) is 23.5. The minimum absolute atomic E-state index is 0.00109. The molecule has 0 bridgehead atoms. The first-order valence-corrected chi connectivity index (χ1v) is 22.4. The Labute approximate surface area is 362 Å². The van der Waals surface area contributed by atoms with E-state index in [-0.39, 0.29) is 39.2 Å². The molecule has 4 aliphatic rings. The third kappa shape index (κ3) is 6.17. The minimum Gasteiger partial charge on any atom is -0.311 e. The molecule has 2 nitrogen and oxygen atoms in total. The third-order valence-electron chi connectivity index (χ3n) is 15.3. The van der Waals surface area contributed by atoms with E-state index in [9.17, 15) is 0 Å². The summed E-state index contributed by atoms with van der Waals surface area (Å²) < 4.78 is 27.2. The molecule has 59 heavy (non-hydrogen) atoms. The molecule has 5 aromatic carbocycles. The van der Waals surface area contributed by atoms with Crippen molar-refractivity contribution in [1.82, 2.24) is 0 Å². The van der Waals surface area contributed by atoms with Gasteiger partial charge in [-0.25, -0.2) is 0 Å². The normalized spacial score (nSPS) is 20.3. The van der Waals surface area contributed by atoms with E-state index in [1.54, 1.807) is 0 Å². The van der Waals surface area contributed by atoms with Crippen LogP contribution < -0.4 is 26.2 Å². The van der Waals surface area contributed by atoms with E-state index < -0.39 is 6.85 Å². The fraction of sp³-hybridized carbons (Fsp3) is 0.464. The monoisotopic (exact) mass is 784 g/mol. The van der Waals surface area contributed by atoms with Gasteiger partial charge in [0.05, 0.1) is 0 Å². The molecule has 0 radical (unpaired) electrons. The average molecular weight is 784 g/mol. The lowest BCUT2D eigenvalue weighted by Gasteiger charge is -2.48. The Morgan fingerprint density at radius 1 is 0.492 bits per heavy atom. The van der Waals surface area contributed by atoms with Crippen LogP contribution in [0.4, 0.5) is 34.1 Å². The number of hydrogen-bond donors (Lipinski definition) is 0. The van der Waals surface area contributed by atoms with Gasteiger partial charge in [-0.3, -0.25) is 0 Å². The molecule has 306 valence electrons. The Morgan fingerprint density at radius 2 is 1.00 bits per heavy atom. The van der Waals surface area contributed by atoms with Crippen molar-refractivity contribution in [2.75, 3.05) is 9.80 Å². The predicted molar refractivity (Wildman–Crippen MR) is 258 cm³/mol. The Kier molecular flexibility index (Phi) is 7.85. The maximum Gasteiger partial charge on any atom is 0.252 e. The maximum atomic E-state index is 9.05. The molecule has 3 heteroatoms. The van der Waals surface area contributed by atoms with E-state index in [0.29, 0.717) is 5.56 Å². The van der Waals surface area contributed by atoms with Gasteiger partial charge in [0.1, 0.15) is 0 Å². The van der Waals surface area contributed by atoms with Crippen molar-refractivity contribution < 1.29 is 4.11 Å². The standard InChI is InChI=1S/C56H69BN2/c1-34-27-48-50-49(28-34)59(45-22-18-36(29-35(45)2)51(3,4)5)46-30-37(52(6,7)8)17-21-43(46)57(50)44-32-41-42(56(15,16)26-25-55(41,13)14)33-47(44)58(48)38-19-20-39-40(31-38)54(11,12)24-23-53(39,9)10/h17-22,27-33H,23-26H2,1-16H3/i1D3. The van der Waals surface area contributed by atoms with Crippen LogP contribution in [0, 0.1) is 13.8 Å². The Morgan fingerprint density at radius 3 is 1.58 bits per heavy atom. The van der Waals surface area contributed by atoms with Crippen LogP contribution in [0.1, 0.15) is 171 Å². The van der Waals surface area contributed by atoms with E-state index in [1.807, 2.05) is 12.1 Å². The second-order valence-corrected chi connectivity index (χ2v) is 23.5.